The number of anilines is 1. The SMILES string of the molecule is COc1ccccc1CNC(=O)c1ccc(Cn2nc(C)c(NC(=O)c3cc(C(F)(F)F)nc4ccc(Br)cc34)c2C)cc1. The van der Waals surface area contributed by atoms with Crippen LogP contribution >= 0.6 is 15.9 Å². The van der Waals surface area contributed by atoms with Gasteiger partial charge >= 0.3 is 6.18 Å². The zero-order valence-electron chi connectivity index (χ0n) is 23.9. The van der Waals surface area contributed by atoms with Crippen molar-refractivity contribution < 1.29 is 27.5 Å². The number of alkyl halides is 3. The van der Waals surface area contributed by atoms with Crippen LogP contribution in [0.3, 0.4) is 0 Å². The van der Waals surface area contributed by atoms with E-state index in [2.05, 4.69) is 36.6 Å². The second kappa shape index (κ2) is 12.5. The van der Waals surface area contributed by atoms with E-state index in [1.165, 1.54) is 6.07 Å². The van der Waals surface area contributed by atoms with Crippen LogP contribution in [0.15, 0.2) is 77.3 Å². The van der Waals surface area contributed by atoms with Gasteiger partial charge < -0.3 is 15.4 Å². The number of nitrogens with one attached hydrogen (secondary N) is 2. The molecular weight excluding hydrogens is 639 g/mol. The van der Waals surface area contributed by atoms with E-state index in [1.807, 2.05) is 36.4 Å². The van der Waals surface area contributed by atoms with Gasteiger partial charge in [0.1, 0.15) is 11.4 Å². The minimum absolute atomic E-state index is 0.0502. The maximum Gasteiger partial charge on any atom is 0.433 e. The molecule has 2 aromatic heterocycles. The Bertz CT molecular complexity index is 1870. The van der Waals surface area contributed by atoms with Gasteiger partial charge in [0, 0.05) is 27.5 Å². The van der Waals surface area contributed by atoms with Crippen LogP contribution in [0.25, 0.3) is 10.9 Å². The number of pyridine rings is 1. The predicted molar refractivity (Wildman–Crippen MR) is 164 cm³/mol. The third kappa shape index (κ3) is 6.60. The summed E-state index contributed by atoms with van der Waals surface area (Å²) in [5.74, 6) is -0.255. The van der Waals surface area contributed by atoms with E-state index in [1.54, 1.807) is 49.9 Å². The normalized spacial score (nSPS) is 11.4. The molecule has 0 aliphatic carbocycles. The first-order valence-electron chi connectivity index (χ1n) is 13.5. The highest BCUT2D eigenvalue weighted by Gasteiger charge is 2.34. The molecule has 0 saturated carbocycles. The number of hydrogen-bond donors (Lipinski definition) is 2. The number of nitrogens with zero attached hydrogens (tertiary/aromatic N) is 3. The van der Waals surface area contributed by atoms with Crippen LogP contribution in [0.2, 0.25) is 0 Å². The molecule has 5 rings (SSSR count). The van der Waals surface area contributed by atoms with Crippen LogP contribution in [0.4, 0.5) is 18.9 Å². The maximum atomic E-state index is 13.6. The van der Waals surface area contributed by atoms with Gasteiger partial charge in [0.05, 0.1) is 41.8 Å². The third-order valence-corrected chi connectivity index (χ3v) is 7.60. The Labute approximate surface area is 259 Å². The summed E-state index contributed by atoms with van der Waals surface area (Å²) >= 11 is 3.31. The number of ether oxygens (including phenoxy) is 1. The molecule has 0 spiro atoms. The Morgan fingerprint density at radius 1 is 0.977 bits per heavy atom. The highest BCUT2D eigenvalue weighted by Crippen LogP contribution is 2.33. The van der Waals surface area contributed by atoms with Crippen molar-refractivity contribution in [3.05, 3.63) is 117 Å². The van der Waals surface area contributed by atoms with E-state index in [0.717, 1.165) is 17.2 Å². The molecule has 0 atom stereocenters. The molecule has 2 amide bonds. The fourth-order valence-electron chi connectivity index (χ4n) is 4.80. The van der Waals surface area contributed by atoms with Crippen LogP contribution in [0, 0.1) is 13.8 Å². The van der Waals surface area contributed by atoms with Crippen molar-refractivity contribution in [3.8, 4) is 5.75 Å². The smallest absolute Gasteiger partial charge is 0.433 e. The van der Waals surface area contributed by atoms with E-state index in [-0.39, 0.29) is 22.4 Å². The highest BCUT2D eigenvalue weighted by atomic mass is 79.9. The van der Waals surface area contributed by atoms with Crippen LogP contribution in [0.5, 0.6) is 5.75 Å². The lowest BCUT2D eigenvalue weighted by Crippen LogP contribution is -2.23. The summed E-state index contributed by atoms with van der Waals surface area (Å²) in [6.45, 7) is 4.12. The molecule has 5 aromatic rings. The quantitative estimate of drug-likeness (QED) is 0.185. The Morgan fingerprint density at radius 3 is 2.41 bits per heavy atom. The first-order valence-corrected chi connectivity index (χ1v) is 14.3. The minimum Gasteiger partial charge on any atom is -0.496 e. The van der Waals surface area contributed by atoms with E-state index in [4.69, 9.17) is 4.74 Å². The number of hydrogen-bond acceptors (Lipinski definition) is 5. The predicted octanol–water partition coefficient (Wildman–Crippen LogP) is 7.07. The summed E-state index contributed by atoms with van der Waals surface area (Å²) in [5.41, 5.74) is 2.45. The van der Waals surface area contributed by atoms with Gasteiger partial charge in [0.2, 0.25) is 0 Å². The maximum absolute atomic E-state index is 13.6. The van der Waals surface area contributed by atoms with Gasteiger partial charge in [-0.1, -0.05) is 46.3 Å². The summed E-state index contributed by atoms with van der Waals surface area (Å²) in [6.07, 6.45) is -4.72. The van der Waals surface area contributed by atoms with Gasteiger partial charge in [-0.05, 0) is 61.9 Å². The zero-order valence-corrected chi connectivity index (χ0v) is 25.5. The lowest BCUT2D eigenvalue weighted by molar-refractivity contribution is -0.141. The number of methoxy groups -OCH3 is 1. The number of para-hydroxylation sites is 1. The second-order valence-electron chi connectivity index (χ2n) is 10.1. The summed E-state index contributed by atoms with van der Waals surface area (Å²) in [6, 6.07) is 19.8. The van der Waals surface area contributed by atoms with Crippen molar-refractivity contribution in [3.63, 3.8) is 0 Å². The lowest BCUT2D eigenvalue weighted by atomic mass is 10.1. The number of aromatic nitrogens is 3. The largest absolute Gasteiger partial charge is 0.496 e. The Hall–Kier alpha value is -4.71. The van der Waals surface area contributed by atoms with Crippen LogP contribution in [0.1, 0.15) is 48.9 Å². The van der Waals surface area contributed by atoms with Crippen molar-refractivity contribution in [1.82, 2.24) is 20.1 Å². The lowest BCUT2D eigenvalue weighted by Gasteiger charge is -2.13. The number of fused-ring (bicyclic) bond motifs is 1. The van der Waals surface area contributed by atoms with E-state index < -0.39 is 17.8 Å². The Kier molecular flexibility index (Phi) is 8.73. The Morgan fingerprint density at radius 2 is 1.70 bits per heavy atom. The monoisotopic (exact) mass is 665 g/mol. The molecule has 0 fully saturated rings. The van der Waals surface area contributed by atoms with Gasteiger partial charge in [-0.15, -0.1) is 0 Å². The number of rotatable bonds is 8. The standard InChI is InChI=1S/C32H27BrF3N5O3/c1-18-29(39-31(43)25-15-28(32(34,35)36)38-26-13-12-23(33)14-24(25)26)19(2)41(40-18)17-20-8-10-21(11-9-20)30(42)37-16-22-6-4-5-7-27(22)44-3/h4-15H,16-17H2,1-3H3,(H,37,42)(H,39,43). The summed E-state index contributed by atoms with van der Waals surface area (Å²) < 4.78 is 48.3. The fraction of sp³-hybridized carbons (Fsp3) is 0.188. The average molecular weight is 666 g/mol. The van der Waals surface area contributed by atoms with E-state index in [9.17, 15) is 22.8 Å². The number of halogens is 4. The highest BCUT2D eigenvalue weighted by molar-refractivity contribution is 9.10. The van der Waals surface area contributed by atoms with Gasteiger partial charge in [0.15, 0.2) is 0 Å². The van der Waals surface area contributed by atoms with Crippen molar-refractivity contribution in [2.75, 3.05) is 12.4 Å². The van der Waals surface area contributed by atoms with Gasteiger partial charge in [-0.3, -0.25) is 14.3 Å². The van der Waals surface area contributed by atoms with Crippen molar-refractivity contribution in [1.29, 1.82) is 0 Å². The van der Waals surface area contributed by atoms with Crippen molar-refractivity contribution in [2.24, 2.45) is 0 Å². The number of carbonyl (C=O) groups is 2. The molecule has 2 heterocycles. The molecule has 2 N–H and O–H groups in total. The zero-order chi connectivity index (χ0) is 31.6. The summed E-state index contributed by atoms with van der Waals surface area (Å²) in [5, 5.41) is 10.5. The molecule has 44 heavy (non-hydrogen) atoms. The first-order chi connectivity index (χ1) is 20.9. The van der Waals surface area contributed by atoms with Gasteiger partial charge in [0.25, 0.3) is 11.8 Å². The third-order valence-electron chi connectivity index (χ3n) is 7.11. The van der Waals surface area contributed by atoms with Crippen LogP contribution in [-0.2, 0) is 19.3 Å². The number of aryl methyl sites for hydroxylation is 1. The number of benzene rings is 3. The number of amides is 2. The number of carbonyl (C=O) groups excluding carboxylic acids is 2. The van der Waals surface area contributed by atoms with Gasteiger partial charge in [-0.2, -0.15) is 18.3 Å². The molecule has 0 unspecified atom stereocenters. The molecule has 3 aromatic carbocycles. The van der Waals surface area contributed by atoms with E-state index in [0.29, 0.717) is 46.0 Å². The van der Waals surface area contributed by atoms with Crippen molar-refractivity contribution in [2.45, 2.75) is 33.1 Å². The molecule has 8 nitrogen and oxygen atoms in total. The first kappa shape index (κ1) is 30.7. The van der Waals surface area contributed by atoms with Crippen LogP contribution < -0.4 is 15.4 Å². The van der Waals surface area contributed by atoms with Crippen LogP contribution in [-0.4, -0.2) is 33.7 Å². The molecule has 0 radical (unpaired) electrons. The topological polar surface area (TPSA) is 98.1 Å². The average Bonchev–Trinajstić information content (AvgIpc) is 3.26. The molecular formula is C32H27BrF3N5O3. The molecule has 0 aliphatic rings. The molecule has 0 bridgehead atoms. The minimum atomic E-state index is -4.72. The summed E-state index contributed by atoms with van der Waals surface area (Å²) in [4.78, 5) is 29.8. The molecule has 0 saturated heterocycles. The van der Waals surface area contributed by atoms with E-state index >= 15 is 0 Å². The van der Waals surface area contributed by atoms with Crippen molar-refractivity contribution >= 4 is 44.3 Å². The second-order valence-corrected chi connectivity index (χ2v) is 11.0. The Balaban J connectivity index is 1.31. The van der Waals surface area contributed by atoms with Gasteiger partial charge in [-0.25, -0.2) is 4.98 Å². The molecule has 12 heteroatoms. The molecule has 226 valence electrons. The molecule has 0 aliphatic heterocycles. The summed E-state index contributed by atoms with van der Waals surface area (Å²) in [7, 11) is 1.58. The fourth-order valence-corrected chi connectivity index (χ4v) is 5.17.